The van der Waals surface area contributed by atoms with Crippen molar-refractivity contribution in [3.63, 3.8) is 0 Å². The van der Waals surface area contributed by atoms with Crippen LogP contribution in [0.5, 0.6) is 0 Å². The largest absolute Gasteiger partial charge is 0.406 e. The van der Waals surface area contributed by atoms with Gasteiger partial charge in [0.05, 0.1) is 17.4 Å². The lowest BCUT2D eigenvalue weighted by atomic mass is 9.98. The molecule has 0 bridgehead atoms. The number of amides is 3. The number of carbonyl (C=O) groups excluding carboxylic acids is 2. The second-order valence-electron chi connectivity index (χ2n) is 9.23. The maximum atomic E-state index is 13.0. The first-order valence-electron chi connectivity index (χ1n) is 13.3. The number of hydrogen-bond acceptors (Lipinski definition) is 9. The van der Waals surface area contributed by atoms with Crippen LogP contribution < -0.4 is 20.4 Å². The predicted octanol–water partition coefficient (Wildman–Crippen LogP) is 2.39. The van der Waals surface area contributed by atoms with Gasteiger partial charge in [0.2, 0.25) is 0 Å². The van der Waals surface area contributed by atoms with Crippen LogP contribution in [-0.4, -0.2) is 86.8 Å². The number of nitrogens with one attached hydrogen (secondary N) is 2. The molecule has 3 aromatic heterocycles. The van der Waals surface area contributed by atoms with Gasteiger partial charge in [-0.3, -0.25) is 9.69 Å². The summed E-state index contributed by atoms with van der Waals surface area (Å²) in [6.45, 7) is -0.939. The molecule has 13 nitrogen and oxygen atoms in total. The van der Waals surface area contributed by atoms with Gasteiger partial charge in [0.15, 0.2) is 17.3 Å². The Morgan fingerprint density at radius 1 is 1.21 bits per heavy atom. The van der Waals surface area contributed by atoms with E-state index in [1.54, 1.807) is 14.0 Å². The molecule has 1 atom stereocenters. The lowest BCUT2D eigenvalue weighted by Gasteiger charge is -2.33. The topological polar surface area (TPSA) is 137 Å². The van der Waals surface area contributed by atoms with Gasteiger partial charge in [-0.25, -0.2) is 9.78 Å². The molecule has 0 spiro atoms. The van der Waals surface area contributed by atoms with Crippen molar-refractivity contribution >= 4 is 34.9 Å². The van der Waals surface area contributed by atoms with Crippen LogP contribution >= 0.6 is 0 Å². The van der Waals surface area contributed by atoms with Crippen molar-refractivity contribution in [2.45, 2.75) is 26.1 Å². The van der Waals surface area contributed by atoms with Crippen molar-refractivity contribution in [1.82, 2.24) is 40.4 Å². The minimum atomic E-state index is -4.59. The molecule has 1 saturated heterocycles. The fourth-order valence-corrected chi connectivity index (χ4v) is 4.68. The third-order valence-electron chi connectivity index (χ3n) is 6.55. The molecule has 2 N–H and O–H groups in total. The van der Waals surface area contributed by atoms with Gasteiger partial charge >= 0.3 is 12.2 Å². The molecule has 3 aromatic rings. The minimum absolute atomic E-state index is 0.0740. The van der Waals surface area contributed by atoms with Crippen molar-refractivity contribution in [3.8, 4) is 11.3 Å². The summed E-state index contributed by atoms with van der Waals surface area (Å²) in [6.07, 6.45) is -4.59. The first-order chi connectivity index (χ1) is 19.5. The monoisotopic (exact) mass is 548 g/mol. The van der Waals surface area contributed by atoms with Crippen LogP contribution in [0.15, 0.2) is 12.1 Å². The summed E-state index contributed by atoms with van der Waals surface area (Å²) in [7, 11) is 3.52. The third kappa shape index (κ3) is 4.66. The van der Waals surface area contributed by atoms with E-state index < -0.39 is 37.3 Å². The van der Waals surface area contributed by atoms with E-state index in [0.29, 0.717) is 27.5 Å². The number of hydrogen-bond donors (Lipinski definition) is 2. The van der Waals surface area contributed by atoms with E-state index in [9.17, 15) is 22.8 Å². The smallest absolute Gasteiger partial charge is 0.363 e. The molecule has 39 heavy (non-hydrogen) atoms. The maximum absolute atomic E-state index is 13.0. The molecular formula is C23H26F3N11O2. The van der Waals surface area contributed by atoms with Gasteiger partial charge in [0.1, 0.15) is 17.9 Å². The van der Waals surface area contributed by atoms with Gasteiger partial charge in [-0.2, -0.15) is 28.2 Å². The molecule has 2 aliphatic rings. The van der Waals surface area contributed by atoms with Crippen molar-refractivity contribution in [2.24, 2.45) is 7.05 Å². The van der Waals surface area contributed by atoms with Crippen LogP contribution in [0.4, 0.5) is 41.0 Å². The number of pyridine rings is 1. The quantitative estimate of drug-likeness (QED) is 0.492. The van der Waals surface area contributed by atoms with Crippen LogP contribution in [0.1, 0.15) is 39.0 Å². The number of nitrogens with zero attached hydrogens (tertiary/aromatic N) is 9. The third-order valence-corrected chi connectivity index (χ3v) is 6.55. The molecule has 0 saturated carbocycles. The Morgan fingerprint density at radius 2 is 1.97 bits per heavy atom. The van der Waals surface area contributed by atoms with E-state index in [1.807, 2.05) is 30.3 Å². The molecule has 16 heteroatoms. The standard InChI is InChI=1S/C23H26F3N11O2/c1-11-8-13-17-16(32-35(5)33-17)12(2)34(4)19(13)20(28-11)29-14-9-15(30-31-18(14)21(38)27-3)37-7-6-36(22(37)39)10-23(24,25)26/h8-9,12H,6-7,10H2,1-5H3,(H,27,38)(H,28,29,30)/t12-/m0/s1/i3D3. The number of carbonyl (C=O) groups is 2. The predicted molar refractivity (Wildman–Crippen MR) is 135 cm³/mol. The number of aromatic nitrogens is 6. The number of fused-ring (bicyclic) bond motifs is 3. The highest BCUT2D eigenvalue weighted by atomic mass is 19.4. The molecule has 0 aromatic carbocycles. The molecule has 5 rings (SSSR count). The summed E-state index contributed by atoms with van der Waals surface area (Å²) in [5, 5.41) is 21.6. The van der Waals surface area contributed by atoms with E-state index in [-0.39, 0.29) is 36.5 Å². The highest BCUT2D eigenvalue weighted by Gasteiger charge is 2.39. The summed E-state index contributed by atoms with van der Waals surface area (Å²) in [5.74, 6) is -0.983. The molecular weight excluding hydrogens is 519 g/mol. The Balaban J connectivity index is 1.59. The van der Waals surface area contributed by atoms with Crippen molar-refractivity contribution in [3.05, 3.63) is 29.2 Å². The van der Waals surface area contributed by atoms with Crippen LogP contribution in [0.3, 0.4) is 0 Å². The number of aryl methyl sites for hydroxylation is 2. The number of halogens is 3. The second-order valence-corrected chi connectivity index (χ2v) is 9.23. The van der Waals surface area contributed by atoms with Gasteiger partial charge in [-0.1, -0.05) is 0 Å². The van der Waals surface area contributed by atoms with Crippen molar-refractivity contribution in [2.75, 3.05) is 48.8 Å². The first-order valence-corrected chi connectivity index (χ1v) is 11.8. The van der Waals surface area contributed by atoms with Gasteiger partial charge in [-0.15, -0.1) is 10.2 Å². The molecule has 0 aliphatic carbocycles. The summed E-state index contributed by atoms with van der Waals surface area (Å²) in [6, 6.07) is 1.90. The van der Waals surface area contributed by atoms with Crippen LogP contribution in [-0.2, 0) is 7.05 Å². The fourth-order valence-electron chi connectivity index (χ4n) is 4.68. The number of rotatable bonds is 5. The van der Waals surface area contributed by atoms with E-state index in [0.717, 1.165) is 10.6 Å². The Kier molecular flexibility index (Phi) is 5.39. The number of urea groups is 1. The number of anilines is 4. The molecule has 2 aliphatic heterocycles. The number of alkyl halides is 3. The maximum Gasteiger partial charge on any atom is 0.406 e. The van der Waals surface area contributed by atoms with E-state index in [1.165, 1.54) is 10.9 Å². The first kappa shape index (κ1) is 22.5. The zero-order valence-electron chi connectivity index (χ0n) is 24.3. The second kappa shape index (κ2) is 9.36. The normalized spacial score (nSPS) is 18.3. The lowest BCUT2D eigenvalue weighted by Crippen LogP contribution is -2.38. The molecule has 3 amide bonds. The summed E-state index contributed by atoms with van der Waals surface area (Å²) in [4.78, 5) is 35.3. The molecule has 0 radical (unpaired) electrons. The average Bonchev–Trinajstić information content (AvgIpc) is 3.42. The van der Waals surface area contributed by atoms with E-state index in [2.05, 4.69) is 30.7 Å². The van der Waals surface area contributed by atoms with Crippen molar-refractivity contribution in [1.29, 1.82) is 0 Å². The zero-order chi connectivity index (χ0) is 30.7. The minimum Gasteiger partial charge on any atom is -0.363 e. The SMILES string of the molecule is [2H]C([2H])([2H])NC(=O)c1nnc(N2CCN(CC(F)(F)F)C2=O)cc1Nc1nc(C)cc2c1N(C)[C@@H](C)c1nn(C)nc1-2. The van der Waals surface area contributed by atoms with Gasteiger partial charge in [0.25, 0.3) is 5.91 Å². The van der Waals surface area contributed by atoms with Crippen LogP contribution in [0.2, 0.25) is 0 Å². The fraction of sp³-hybridized carbons (Fsp3) is 0.435. The van der Waals surface area contributed by atoms with Gasteiger partial charge in [0, 0.05) is 55.6 Å². The van der Waals surface area contributed by atoms with E-state index >= 15 is 0 Å². The van der Waals surface area contributed by atoms with E-state index in [4.69, 9.17) is 4.11 Å². The lowest BCUT2D eigenvalue weighted by molar-refractivity contribution is -0.138. The zero-order valence-corrected chi connectivity index (χ0v) is 21.3. The Hall–Kier alpha value is -4.50. The Labute approximate surface area is 225 Å². The summed E-state index contributed by atoms with van der Waals surface area (Å²) < 4.78 is 61.1. The highest BCUT2D eigenvalue weighted by Crippen LogP contribution is 2.46. The molecule has 5 heterocycles. The van der Waals surface area contributed by atoms with Gasteiger partial charge < -0.3 is 20.4 Å². The van der Waals surface area contributed by atoms with Gasteiger partial charge in [-0.05, 0) is 19.9 Å². The van der Waals surface area contributed by atoms with Crippen LogP contribution in [0.25, 0.3) is 11.3 Å². The Morgan fingerprint density at radius 3 is 2.69 bits per heavy atom. The molecule has 0 unspecified atom stereocenters. The average molecular weight is 549 g/mol. The van der Waals surface area contributed by atoms with Crippen LogP contribution in [0, 0.1) is 6.92 Å². The summed E-state index contributed by atoms with van der Waals surface area (Å²) >= 11 is 0. The highest BCUT2D eigenvalue weighted by molar-refractivity contribution is 6.01. The Bertz CT molecular complexity index is 1580. The molecule has 206 valence electrons. The van der Waals surface area contributed by atoms with Crippen molar-refractivity contribution < 1.29 is 26.9 Å². The molecule has 1 fully saturated rings. The summed E-state index contributed by atoms with van der Waals surface area (Å²) in [5.41, 5.74) is 2.73.